The van der Waals surface area contributed by atoms with Crippen molar-refractivity contribution < 1.29 is 19.6 Å². The van der Waals surface area contributed by atoms with E-state index in [1.54, 1.807) is 31.2 Å². The zero-order valence-electron chi connectivity index (χ0n) is 16.6. The van der Waals surface area contributed by atoms with Gasteiger partial charge in [-0.05, 0) is 43.5 Å². The average molecular weight is 382 g/mol. The molecule has 0 fully saturated rings. The number of para-hydroxylation sites is 1. The van der Waals surface area contributed by atoms with E-state index in [-0.39, 0.29) is 25.3 Å². The summed E-state index contributed by atoms with van der Waals surface area (Å²) in [5.41, 5.74) is 3.68. The van der Waals surface area contributed by atoms with E-state index in [0.717, 1.165) is 16.7 Å². The summed E-state index contributed by atoms with van der Waals surface area (Å²) in [6, 6.07) is 14.8. The fourth-order valence-corrected chi connectivity index (χ4v) is 3.06. The minimum absolute atomic E-state index is 0.183. The zero-order chi connectivity index (χ0) is 20.7. The Morgan fingerprint density at radius 3 is 2.36 bits per heavy atom. The molecule has 0 radical (unpaired) electrons. The number of amides is 2. The lowest BCUT2D eigenvalue weighted by Gasteiger charge is -2.24. The first-order chi connectivity index (χ1) is 13.3. The third-order valence-electron chi connectivity index (χ3n) is 4.62. The molecule has 0 bridgehead atoms. The molecule has 3 N–H and O–H groups in total. The molecule has 0 aliphatic carbocycles. The van der Waals surface area contributed by atoms with Crippen LogP contribution in [0.2, 0.25) is 0 Å². The number of carbonyl (C=O) groups excluding carboxylic acids is 2. The highest BCUT2D eigenvalue weighted by atomic mass is 16.4. The molecule has 0 aromatic heterocycles. The fraction of sp³-hybridized carbons (Fsp3) is 0.333. The third-order valence-corrected chi connectivity index (χ3v) is 4.62. The summed E-state index contributed by atoms with van der Waals surface area (Å²) < 4.78 is 0. The first-order valence-electron chi connectivity index (χ1n) is 9.38. The van der Waals surface area contributed by atoms with Crippen molar-refractivity contribution in [1.29, 1.82) is 0 Å². The van der Waals surface area contributed by atoms with Crippen molar-refractivity contribution in [1.82, 2.24) is 5.32 Å². The molecule has 7 heteroatoms. The number of nitrogens with zero attached hydrogens (tertiary/aromatic N) is 1. The molecule has 148 valence electrons. The van der Waals surface area contributed by atoms with Crippen LogP contribution < -0.4 is 10.2 Å². The first kappa shape index (κ1) is 21.7. The van der Waals surface area contributed by atoms with Gasteiger partial charge in [-0.25, -0.2) is 0 Å². The van der Waals surface area contributed by atoms with Crippen LogP contribution in [0.15, 0.2) is 48.5 Å². The molecular weight excluding hydrogens is 355 g/mol. The summed E-state index contributed by atoms with van der Waals surface area (Å²) in [6.45, 7) is 5.48. The number of aryl methyl sites for hydroxylation is 2. The molecule has 0 saturated heterocycles. The highest BCUT2D eigenvalue weighted by molar-refractivity contribution is 6.43. The van der Waals surface area contributed by atoms with E-state index >= 15 is 0 Å². The average Bonchev–Trinajstić information content (AvgIpc) is 2.67. The number of carbonyl (C=O) groups is 2. The number of nitrogens with one attached hydrogen (secondary N) is 1. The highest BCUT2D eigenvalue weighted by Gasteiger charge is 2.27. The maximum atomic E-state index is 12.6. The first-order valence-corrected chi connectivity index (χ1v) is 9.38. The fourth-order valence-electron chi connectivity index (χ4n) is 3.06. The molecule has 0 aliphatic rings. The quantitative estimate of drug-likeness (QED) is 0.608. The van der Waals surface area contributed by atoms with Crippen molar-refractivity contribution in [2.75, 3.05) is 11.4 Å². The van der Waals surface area contributed by atoms with Gasteiger partial charge in [0.25, 0.3) is 0 Å². The molecule has 2 amide bonds. The van der Waals surface area contributed by atoms with Crippen LogP contribution in [-0.4, -0.2) is 41.5 Å². The number of anilines is 1. The van der Waals surface area contributed by atoms with Crippen molar-refractivity contribution in [3.05, 3.63) is 65.2 Å². The summed E-state index contributed by atoms with van der Waals surface area (Å²) in [4.78, 5) is 26.2. The Kier molecular flexibility index (Phi) is 7.78. The lowest BCUT2D eigenvalue weighted by atomic mass is 9.75. The zero-order valence-corrected chi connectivity index (χ0v) is 16.6. The van der Waals surface area contributed by atoms with E-state index < -0.39 is 19.0 Å². The Balaban J connectivity index is 2.11. The van der Waals surface area contributed by atoms with Crippen LogP contribution in [0.1, 0.15) is 30.0 Å². The topological polar surface area (TPSA) is 89.9 Å². The molecule has 6 nitrogen and oxygen atoms in total. The summed E-state index contributed by atoms with van der Waals surface area (Å²) in [6.07, 6.45) is 0.541. The van der Waals surface area contributed by atoms with Crippen molar-refractivity contribution in [2.45, 2.75) is 39.6 Å². The lowest BCUT2D eigenvalue weighted by Crippen LogP contribution is -2.51. The summed E-state index contributed by atoms with van der Waals surface area (Å²) in [5, 5.41) is 22.1. The molecule has 0 spiro atoms. The van der Waals surface area contributed by atoms with Gasteiger partial charge in [-0.15, -0.1) is 0 Å². The number of rotatable bonds is 8. The summed E-state index contributed by atoms with van der Waals surface area (Å²) in [7, 11) is -1.71. The Labute approximate surface area is 166 Å². The van der Waals surface area contributed by atoms with Gasteiger partial charge in [0.05, 0.1) is 5.94 Å². The minimum atomic E-state index is -1.71. The van der Waals surface area contributed by atoms with E-state index in [1.807, 2.05) is 38.1 Å². The molecule has 0 unspecified atom stereocenters. The SMILES string of the molecule is CCC(=O)N(CC(=O)N[C@@H](Cc1ccc(C)cc1C)B(O)O)c1ccccc1. The lowest BCUT2D eigenvalue weighted by molar-refractivity contribution is -0.124. The highest BCUT2D eigenvalue weighted by Crippen LogP contribution is 2.15. The Morgan fingerprint density at radius 2 is 1.79 bits per heavy atom. The Hall–Kier alpha value is -2.64. The van der Waals surface area contributed by atoms with Crippen LogP contribution >= 0.6 is 0 Å². The molecule has 2 rings (SSSR count). The van der Waals surface area contributed by atoms with Crippen LogP contribution in [0.4, 0.5) is 5.69 Å². The van der Waals surface area contributed by atoms with Crippen molar-refractivity contribution in [3.8, 4) is 0 Å². The number of hydrogen-bond acceptors (Lipinski definition) is 4. The maximum absolute atomic E-state index is 12.6. The van der Waals surface area contributed by atoms with Crippen LogP contribution in [0.25, 0.3) is 0 Å². The van der Waals surface area contributed by atoms with Crippen LogP contribution in [0, 0.1) is 13.8 Å². The third kappa shape index (κ3) is 5.94. The van der Waals surface area contributed by atoms with E-state index in [2.05, 4.69) is 5.32 Å². The molecule has 0 saturated carbocycles. The second-order valence-corrected chi connectivity index (χ2v) is 6.89. The molecular formula is C21H27BN2O4. The van der Waals surface area contributed by atoms with Gasteiger partial charge in [-0.1, -0.05) is 48.9 Å². The van der Waals surface area contributed by atoms with Crippen molar-refractivity contribution in [2.24, 2.45) is 0 Å². The van der Waals surface area contributed by atoms with Crippen LogP contribution in [-0.2, 0) is 16.0 Å². The van der Waals surface area contributed by atoms with Crippen LogP contribution in [0.3, 0.4) is 0 Å². The van der Waals surface area contributed by atoms with Gasteiger partial charge in [-0.3, -0.25) is 9.59 Å². The van der Waals surface area contributed by atoms with Gasteiger partial charge >= 0.3 is 7.12 Å². The normalized spacial score (nSPS) is 11.6. The number of hydrogen-bond donors (Lipinski definition) is 3. The van der Waals surface area contributed by atoms with Gasteiger partial charge in [0.1, 0.15) is 6.54 Å². The minimum Gasteiger partial charge on any atom is -0.426 e. The van der Waals surface area contributed by atoms with Gasteiger partial charge < -0.3 is 20.3 Å². The van der Waals surface area contributed by atoms with Crippen molar-refractivity contribution in [3.63, 3.8) is 0 Å². The van der Waals surface area contributed by atoms with Crippen molar-refractivity contribution >= 4 is 24.6 Å². The smallest absolute Gasteiger partial charge is 0.426 e. The monoisotopic (exact) mass is 382 g/mol. The maximum Gasteiger partial charge on any atom is 0.475 e. The largest absolute Gasteiger partial charge is 0.475 e. The van der Waals surface area contributed by atoms with E-state index in [1.165, 1.54) is 4.90 Å². The summed E-state index contributed by atoms with van der Waals surface area (Å²) in [5.74, 6) is -1.51. The molecule has 2 aromatic rings. The molecule has 0 aliphatic heterocycles. The standard InChI is InChI=1S/C21H27BN2O4/c1-4-21(26)24(18-8-6-5-7-9-18)14-20(25)23-19(22(27)28)13-17-11-10-15(2)12-16(17)3/h5-12,19,27-28H,4,13-14H2,1-3H3,(H,23,25)/t19-/m0/s1. The van der Waals surface area contributed by atoms with E-state index in [9.17, 15) is 19.6 Å². The molecule has 1 atom stereocenters. The number of benzene rings is 2. The molecule has 2 aromatic carbocycles. The van der Waals surface area contributed by atoms with Gasteiger partial charge in [-0.2, -0.15) is 0 Å². The predicted octanol–water partition coefficient (Wildman–Crippen LogP) is 1.79. The van der Waals surface area contributed by atoms with Gasteiger partial charge in [0.15, 0.2) is 0 Å². The Bertz CT molecular complexity index is 811. The van der Waals surface area contributed by atoms with E-state index in [0.29, 0.717) is 5.69 Å². The van der Waals surface area contributed by atoms with Gasteiger partial charge in [0, 0.05) is 12.1 Å². The van der Waals surface area contributed by atoms with E-state index in [4.69, 9.17) is 0 Å². The predicted molar refractivity (Wildman–Crippen MR) is 111 cm³/mol. The summed E-state index contributed by atoms with van der Waals surface area (Å²) >= 11 is 0. The molecule has 0 heterocycles. The van der Waals surface area contributed by atoms with Gasteiger partial charge in [0.2, 0.25) is 11.8 Å². The second-order valence-electron chi connectivity index (χ2n) is 6.89. The molecule has 28 heavy (non-hydrogen) atoms. The second kappa shape index (κ2) is 10.1. The Morgan fingerprint density at radius 1 is 1.11 bits per heavy atom. The van der Waals surface area contributed by atoms with Crippen LogP contribution in [0.5, 0.6) is 0 Å².